The average molecular weight is 377 g/mol. The number of aromatic nitrogens is 2. The first-order valence-electron chi connectivity index (χ1n) is 10.3. The molecule has 3 fully saturated rings. The predicted octanol–water partition coefficient (Wildman–Crippen LogP) is 0.522. The van der Waals surface area contributed by atoms with Gasteiger partial charge in [0.15, 0.2) is 0 Å². The van der Waals surface area contributed by atoms with Crippen LogP contribution in [-0.2, 0) is 9.47 Å². The largest absolute Gasteiger partial charge is 0.379 e. The minimum atomic E-state index is 0.693. The molecule has 0 aliphatic carbocycles. The van der Waals surface area contributed by atoms with Crippen LogP contribution < -0.4 is 10.2 Å². The van der Waals surface area contributed by atoms with Crippen LogP contribution in [0.15, 0.2) is 12.4 Å². The minimum absolute atomic E-state index is 0.693. The van der Waals surface area contributed by atoms with E-state index in [4.69, 9.17) is 9.47 Å². The fourth-order valence-electron chi connectivity index (χ4n) is 4.19. The number of piperidine rings is 1. The second-order valence-electron chi connectivity index (χ2n) is 7.51. The fourth-order valence-corrected chi connectivity index (χ4v) is 4.19. The van der Waals surface area contributed by atoms with Gasteiger partial charge in [0.05, 0.1) is 26.4 Å². The number of rotatable bonds is 6. The number of hydrogen-bond acceptors (Lipinski definition) is 8. The van der Waals surface area contributed by atoms with Gasteiger partial charge in [-0.2, -0.15) is 0 Å². The highest BCUT2D eigenvalue weighted by Crippen LogP contribution is 2.22. The van der Waals surface area contributed by atoms with Gasteiger partial charge in [0, 0.05) is 64.5 Å². The van der Waals surface area contributed by atoms with E-state index in [0.717, 1.165) is 90.4 Å². The van der Waals surface area contributed by atoms with Gasteiger partial charge in [-0.3, -0.25) is 9.80 Å². The minimum Gasteiger partial charge on any atom is -0.379 e. The first-order valence-corrected chi connectivity index (χ1v) is 10.3. The summed E-state index contributed by atoms with van der Waals surface area (Å²) in [4.78, 5) is 16.3. The van der Waals surface area contributed by atoms with Crippen molar-refractivity contribution in [3.8, 4) is 0 Å². The van der Waals surface area contributed by atoms with Gasteiger partial charge < -0.3 is 19.7 Å². The van der Waals surface area contributed by atoms with Crippen molar-refractivity contribution in [3.63, 3.8) is 0 Å². The molecule has 27 heavy (non-hydrogen) atoms. The Bertz CT molecular complexity index is 569. The zero-order chi connectivity index (χ0) is 18.3. The average Bonchev–Trinajstić information content (AvgIpc) is 2.76. The van der Waals surface area contributed by atoms with Crippen LogP contribution in [0.5, 0.6) is 0 Å². The molecule has 0 bridgehead atoms. The molecule has 0 aromatic carbocycles. The third-order valence-electron chi connectivity index (χ3n) is 5.84. The van der Waals surface area contributed by atoms with Crippen LogP contribution in [0.1, 0.15) is 12.8 Å². The highest BCUT2D eigenvalue weighted by atomic mass is 16.5. The maximum atomic E-state index is 5.48. The van der Waals surface area contributed by atoms with E-state index in [1.807, 2.05) is 0 Å². The lowest BCUT2D eigenvalue weighted by atomic mass is 10.0. The van der Waals surface area contributed by atoms with Gasteiger partial charge in [0.2, 0.25) is 0 Å². The lowest BCUT2D eigenvalue weighted by Gasteiger charge is -2.40. The molecule has 8 nitrogen and oxygen atoms in total. The van der Waals surface area contributed by atoms with Gasteiger partial charge in [-0.1, -0.05) is 0 Å². The van der Waals surface area contributed by atoms with E-state index < -0.39 is 0 Å². The van der Waals surface area contributed by atoms with Gasteiger partial charge in [0.1, 0.15) is 18.0 Å². The summed E-state index contributed by atoms with van der Waals surface area (Å²) in [6, 6.07) is 2.78. The number of ether oxygens (including phenoxy) is 2. The van der Waals surface area contributed by atoms with E-state index in [-0.39, 0.29) is 0 Å². The van der Waals surface area contributed by atoms with E-state index in [9.17, 15) is 0 Å². The lowest BCUT2D eigenvalue weighted by Crippen LogP contribution is -2.49. The monoisotopic (exact) mass is 376 g/mol. The second-order valence-corrected chi connectivity index (χ2v) is 7.51. The number of morpholine rings is 2. The molecular weight excluding hydrogens is 344 g/mol. The molecule has 1 aromatic heterocycles. The zero-order valence-electron chi connectivity index (χ0n) is 16.2. The van der Waals surface area contributed by atoms with E-state index in [2.05, 4.69) is 36.1 Å². The Morgan fingerprint density at radius 1 is 0.926 bits per heavy atom. The summed E-state index contributed by atoms with van der Waals surface area (Å²) >= 11 is 0. The SMILES string of the molecule is c1nc(NCCN2CCOCC2)cc(N2CCC(N3CCOCC3)CC2)n1. The van der Waals surface area contributed by atoms with E-state index in [1.54, 1.807) is 6.33 Å². The Morgan fingerprint density at radius 2 is 1.63 bits per heavy atom. The van der Waals surface area contributed by atoms with E-state index in [0.29, 0.717) is 6.04 Å². The van der Waals surface area contributed by atoms with E-state index >= 15 is 0 Å². The van der Waals surface area contributed by atoms with Gasteiger partial charge in [-0.05, 0) is 12.8 Å². The molecule has 0 radical (unpaired) electrons. The summed E-state index contributed by atoms with van der Waals surface area (Å²) in [6.07, 6.45) is 4.08. The predicted molar refractivity (Wildman–Crippen MR) is 105 cm³/mol. The molecule has 0 saturated carbocycles. The first kappa shape index (κ1) is 18.9. The Kier molecular flexibility index (Phi) is 6.73. The number of anilines is 2. The molecule has 4 heterocycles. The Morgan fingerprint density at radius 3 is 2.37 bits per heavy atom. The maximum absolute atomic E-state index is 5.48. The number of nitrogens with zero attached hydrogens (tertiary/aromatic N) is 5. The van der Waals surface area contributed by atoms with Crippen LogP contribution in [0.4, 0.5) is 11.6 Å². The van der Waals surface area contributed by atoms with Crippen LogP contribution in [0.25, 0.3) is 0 Å². The van der Waals surface area contributed by atoms with Crippen molar-refractivity contribution >= 4 is 11.6 Å². The van der Waals surface area contributed by atoms with Gasteiger partial charge in [-0.25, -0.2) is 9.97 Å². The molecule has 0 unspecified atom stereocenters. The molecule has 1 aromatic rings. The highest BCUT2D eigenvalue weighted by molar-refractivity contribution is 5.48. The van der Waals surface area contributed by atoms with Crippen LogP contribution in [-0.4, -0.2) is 105 Å². The maximum Gasteiger partial charge on any atom is 0.134 e. The van der Waals surface area contributed by atoms with Crippen molar-refractivity contribution < 1.29 is 9.47 Å². The normalized spacial score (nSPS) is 23.5. The van der Waals surface area contributed by atoms with Crippen LogP contribution in [0.3, 0.4) is 0 Å². The van der Waals surface area contributed by atoms with Crippen LogP contribution in [0.2, 0.25) is 0 Å². The third kappa shape index (κ3) is 5.28. The topological polar surface area (TPSA) is 66.0 Å². The Balaban J connectivity index is 1.24. The quantitative estimate of drug-likeness (QED) is 0.771. The van der Waals surface area contributed by atoms with Gasteiger partial charge in [0.25, 0.3) is 0 Å². The summed E-state index contributed by atoms with van der Waals surface area (Å²) in [7, 11) is 0. The first-order chi connectivity index (χ1) is 13.4. The molecule has 150 valence electrons. The lowest BCUT2D eigenvalue weighted by molar-refractivity contribution is 0.0115. The van der Waals surface area contributed by atoms with Crippen LogP contribution >= 0.6 is 0 Å². The van der Waals surface area contributed by atoms with Crippen molar-refractivity contribution in [1.82, 2.24) is 19.8 Å². The number of hydrogen-bond donors (Lipinski definition) is 1. The molecule has 0 atom stereocenters. The molecule has 3 saturated heterocycles. The van der Waals surface area contributed by atoms with E-state index in [1.165, 1.54) is 12.8 Å². The molecule has 8 heteroatoms. The fraction of sp³-hybridized carbons (Fsp3) is 0.789. The van der Waals surface area contributed by atoms with Crippen molar-refractivity contribution in [3.05, 3.63) is 12.4 Å². The van der Waals surface area contributed by atoms with Crippen molar-refractivity contribution in [2.45, 2.75) is 18.9 Å². The molecule has 3 aliphatic heterocycles. The highest BCUT2D eigenvalue weighted by Gasteiger charge is 2.26. The summed E-state index contributed by atoms with van der Waals surface area (Å²) in [5.41, 5.74) is 0. The van der Waals surface area contributed by atoms with Crippen LogP contribution in [0, 0.1) is 0 Å². The molecule has 0 spiro atoms. The summed E-state index contributed by atoms with van der Waals surface area (Å²) in [5.74, 6) is 1.96. The Labute approximate surface area is 161 Å². The van der Waals surface area contributed by atoms with Crippen molar-refractivity contribution in [2.75, 3.05) is 89.0 Å². The summed E-state index contributed by atoms with van der Waals surface area (Å²) < 4.78 is 10.9. The smallest absolute Gasteiger partial charge is 0.134 e. The van der Waals surface area contributed by atoms with Crippen molar-refractivity contribution in [1.29, 1.82) is 0 Å². The summed E-state index contributed by atoms with van der Waals surface area (Å²) in [5, 5.41) is 3.45. The summed E-state index contributed by atoms with van der Waals surface area (Å²) in [6.45, 7) is 11.7. The standard InChI is InChI=1S/C19H32N6O2/c1-4-25(5-2-17(1)24-9-13-27-14-10-24)19-15-18(21-16-22-19)20-3-6-23-7-11-26-12-8-23/h15-17H,1-14H2,(H,20,21,22). The third-order valence-corrected chi connectivity index (χ3v) is 5.84. The molecule has 4 rings (SSSR count). The second kappa shape index (κ2) is 9.64. The number of nitrogens with one attached hydrogen (secondary N) is 1. The van der Waals surface area contributed by atoms with Gasteiger partial charge >= 0.3 is 0 Å². The Hall–Kier alpha value is -1.48. The zero-order valence-corrected chi connectivity index (χ0v) is 16.2. The molecular formula is C19H32N6O2. The molecule has 3 aliphatic rings. The molecule has 0 amide bonds. The van der Waals surface area contributed by atoms with Gasteiger partial charge in [-0.15, -0.1) is 0 Å². The molecule has 1 N–H and O–H groups in total. The van der Waals surface area contributed by atoms with Crippen molar-refractivity contribution in [2.24, 2.45) is 0 Å².